The van der Waals surface area contributed by atoms with Crippen molar-refractivity contribution >= 4 is 0 Å². The highest BCUT2D eigenvalue weighted by Crippen LogP contribution is 2.17. The van der Waals surface area contributed by atoms with E-state index in [1.54, 1.807) is 6.08 Å². The molecule has 82 valence electrons. The maximum absolute atomic E-state index is 13.2. The number of aliphatic hydroxyl groups is 1. The minimum atomic E-state index is -1.05. The molecule has 0 heterocycles. The lowest BCUT2D eigenvalue weighted by atomic mass is 10.1. The zero-order chi connectivity index (χ0) is 11.3. The second kappa shape index (κ2) is 5.58. The van der Waals surface area contributed by atoms with E-state index >= 15 is 0 Å². The van der Waals surface area contributed by atoms with Crippen LogP contribution in [0.1, 0.15) is 11.7 Å². The van der Waals surface area contributed by atoms with E-state index in [0.29, 0.717) is 6.54 Å². The first kappa shape index (κ1) is 11.8. The van der Waals surface area contributed by atoms with E-state index in [1.165, 1.54) is 0 Å². The first-order chi connectivity index (χ1) is 7.15. The van der Waals surface area contributed by atoms with Crippen molar-refractivity contribution in [3.05, 3.63) is 48.1 Å². The average Bonchev–Trinajstić information content (AvgIpc) is 2.22. The van der Waals surface area contributed by atoms with Gasteiger partial charge >= 0.3 is 0 Å². The summed E-state index contributed by atoms with van der Waals surface area (Å²) in [6.07, 6.45) is 0.565. The molecule has 2 N–H and O–H groups in total. The van der Waals surface area contributed by atoms with Crippen LogP contribution in [0.25, 0.3) is 0 Å². The van der Waals surface area contributed by atoms with Gasteiger partial charge in [0.1, 0.15) is 11.6 Å². The molecule has 4 heteroatoms. The van der Waals surface area contributed by atoms with Crippen LogP contribution < -0.4 is 5.32 Å². The zero-order valence-electron chi connectivity index (χ0n) is 8.21. The predicted molar refractivity (Wildman–Crippen MR) is 54.4 cm³/mol. The summed E-state index contributed by atoms with van der Waals surface area (Å²) in [5.74, 6) is -1.17. The molecule has 0 bridgehead atoms. The fraction of sp³-hybridized carbons (Fsp3) is 0.273. The van der Waals surface area contributed by atoms with Gasteiger partial charge in [-0.1, -0.05) is 6.08 Å². The van der Waals surface area contributed by atoms with Gasteiger partial charge in [0, 0.05) is 18.7 Å². The van der Waals surface area contributed by atoms with Gasteiger partial charge in [-0.05, 0) is 18.2 Å². The van der Waals surface area contributed by atoms with Crippen molar-refractivity contribution in [3.8, 4) is 0 Å². The van der Waals surface area contributed by atoms with Crippen LogP contribution in [0, 0.1) is 11.6 Å². The van der Waals surface area contributed by atoms with Gasteiger partial charge in [0.2, 0.25) is 0 Å². The quantitative estimate of drug-likeness (QED) is 0.577. The van der Waals surface area contributed by atoms with Gasteiger partial charge in [-0.25, -0.2) is 8.78 Å². The normalized spacial score (nSPS) is 12.5. The average molecular weight is 213 g/mol. The van der Waals surface area contributed by atoms with E-state index in [9.17, 15) is 13.9 Å². The maximum Gasteiger partial charge on any atom is 0.129 e. The minimum absolute atomic E-state index is 0.0356. The predicted octanol–water partition coefficient (Wildman–Crippen LogP) is 1.77. The largest absolute Gasteiger partial charge is 0.387 e. The van der Waals surface area contributed by atoms with Crippen LogP contribution in [0.15, 0.2) is 30.9 Å². The summed E-state index contributed by atoms with van der Waals surface area (Å²) in [5, 5.41) is 12.4. The Balaban J connectivity index is 2.67. The van der Waals surface area contributed by atoms with Crippen LogP contribution in [0.5, 0.6) is 0 Å². The molecule has 1 aromatic carbocycles. The molecule has 0 aliphatic carbocycles. The van der Waals surface area contributed by atoms with Gasteiger partial charge in [0.25, 0.3) is 0 Å². The smallest absolute Gasteiger partial charge is 0.129 e. The molecule has 0 saturated carbocycles. The third-order valence-electron chi connectivity index (χ3n) is 1.94. The number of hydrogen-bond donors (Lipinski definition) is 2. The van der Waals surface area contributed by atoms with Crippen LogP contribution in [-0.4, -0.2) is 18.2 Å². The fourth-order valence-electron chi connectivity index (χ4n) is 1.20. The van der Waals surface area contributed by atoms with Gasteiger partial charge in [-0.3, -0.25) is 0 Å². The van der Waals surface area contributed by atoms with Crippen LogP contribution in [0.3, 0.4) is 0 Å². The topological polar surface area (TPSA) is 32.3 Å². The molecule has 15 heavy (non-hydrogen) atoms. The lowest BCUT2D eigenvalue weighted by molar-refractivity contribution is 0.171. The highest BCUT2D eigenvalue weighted by molar-refractivity contribution is 5.21. The zero-order valence-corrected chi connectivity index (χ0v) is 8.21. The second-order valence-corrected chi connectivity index (χ2v) is 3.13. The molecule has 0 radical (unpaired) electrons. The summed E-state index contributed by atoms with van der Waals surface area (Å²) < 4.78 is 25.9. The SMILES string of the molecule is C=CCNCC(O)c1cc(F)ccc1F. The summed E-state index contributed by atoms with van der Waals surface area (Å²) in [4.78, 5) is 0. The summed E-state index contributed by atoms with van der Waals surface area (Å²) in [6.45, 7) is 4.15. The van der Waals surface area contributed by atoms with Crippen molar-refractivity contribution in [2.24, 2.45) is 0 Å². The maximum atomic E-state index is 13.2. The Morgan fingerprint density at radius 1 is 1.47 bits per heavy atom. The van der Waals surface area contributed by atoms with Gasteiger partial charge in [0.05, 0.1) is 6.10 Å². The molecule has 1 unspecified atom stereocenters. The van der Waals surface area contributed by atoms with Gasteiger partial charge in [-0.2, -0.15) is 0 Å². The van der Waals surface area contributed by atoms with Crippen LogP contribution in [0.4, 0.5) is 8.78 Å². The molecule has 0 aliphatic rings. The highest BCUT2D eigenvalue weighted by atomic mass is 19.1. The molecule has 2 nitrogen and oxygen atoms in total. The van der Waals surface area contributed by atoms with Crippen molar-refractivity contribution in [2.45, 2.75) is 6.10 Å². The Hall–Kier alpha value is -1.26. The summed E-state index contributed by atoms with van der Waals surface area (Å²) >= 11 is 0. The van der Waals surface area contributed by atoms with Gasteiger partial charge < -0.3 is 10.4 Å². The van der Waals surface area contributed by atoms with Crippen molar-refractivity contribution in [3.63, 3.8) is 0 Å². The molecule has 1 aromatic rings. The standard InChI is InChI=1S/C11H13F2NO/c1-2-5-14-7-11(15)9-6-8(12)3-4-10(9)13/h2-4,6,11,14-15H,1,5,7H2. The van der Waals surface area contributed by atoms with Crippen LogP contribution in [-0.2, 0) is 0 Å². The molecule has 0 aromatic heterocycles. The Kier molecular flexibility index (Phi) is 4.39. The molecule has 0 aliphatic heterocycles. The first-order valence-electron chi connectivity index (χ1n) is 4.59. The third kappa shape index (κ3) is 3.42. The van der Waals surface area contributed by atoms with Gasteiger partial charge in [-0.15, -0.1) is 6.58 Å². The fourth-order valence-corrected chi connectivity index (χ4v) is 1.20. The summed E-state index contributed by atoms with van der Waals surface area (Å²) in [5.41, 5.74) is -0.0356. The van der Waals surface area contributed by atoms with E-state index < -0.39 is 17.7 Å². The number of rotatable bonds is 5. The first-order valence-corrected chi connectivity index (χ1v) is 4.59. The van der Waals surface area contributed by atoms with Crippen LogP contribution >= 0.6 is 0 Å². The lowest BCUT2D eigenvalue weighted by Gasteiger charge is -2.12. The number of hydrogen-bond acceptors (Lipinski definition) is 2. The number of nitrogens with one attached hydrogen (secondary N) is 1. The Morgan fingerprint density at radius 3 is 2.87 bits per heavy atom. The second-order valence-electron chi connectivity index (χ2n) is 3.13. The molecule has 1 rings (SSSR count). The van der Waals surface area contributed by atoms with Crippen molar-refractivity contribution < 1.29 is 13.9 Å². The Morgan fingerprint density at radius 2 is 2.20 bits per heavy atom. The van der Waals surface area contributed by atoms with E-state index in [1.807, 2.05) is 0 Å². The number of benzene rings is 1. The molecule has 0 saturated heterocycles. The minimum Gasteiger partial charge on any atom is -0.387 e. The van der Waals surface area contributed by atoms with E-state index in [4.69, 9.17) is 0 Å². The molecule has 0 fully saturated rings. The monoisotopic (exact) mass is 213 g/mol. The molecule has 0 amide bonds. The molecular weight excluding hydrogens is 200 g/mol. The third-order valence-corrected chi connectivity index (χ3v) is 1.94. The van der Waals surface area contributed by atoms with E-state index in [0.717, 1.165) is 18.2 Å². The Bertz CT molecular complexity index is 341. The van der Waals surface area contributed by atoms with E-state index in [2.05, 4.69) is 11.9 Å². The highest BCUT2D eigenvalue weighted by Gasteiger charge is 2.12. The van der Waals surface area contributed by atoms with E-state index in [-0.39, 0.29) is 12.1 Å². The number of aliphatic hydroxyl groups excluding tert-OH is 1. The van der Waals surface area contributed by atoms with Crippen molar-refractivity contribution in [2.75, 3.05) is 13.1 Å². The van der Waals surface area contributed by atoms with Crippen molar-refractivity contribution in [1.82, 2.24) is 5.32 Å². The number of halogens is 2. The molecule has 0 spiro atoms. The summed E-state index contributed by atoms with van der Waals surface area (Å²) in [6, 6.07) is 3.01. The summed E-state index contributed by atoms with van der Waals surface area (Å²) in [7, 11) is 0. The van der Waals surface area contributed by atoms with Gasteiger partial charge in [0.15, 0.2) is 0 Å². The Labute approximate surface area is 87.2 Å². The molecule has 1 atom stereocenters. The lowest BCUT2D eigenvalue weighted by Crippen LogP contribution is -2.22. The molecular formula is C11H13F2NO. The van der Waals surface area contributed by atoms with Crippen molar-refractivity contribution in [1.29, 1.82) is 0 Å². The van der Waals surface area contributed by atoms with Crippen LogP contribution in [0.2, 0.25) is 0 Å².